The van der Waals surface area contributed by atoms with Crippen molar-refractivity contribution in [3.63, 3.8) is 0 Å². The van der Waals surface area contributed by atoms with E-state index in [0.29, 0.717) is 11.3 Å². The Labute approximate surface area is 124 Å². The Morgan fingerprint density at radius 1 is 1.57 bits per heavy atom. The van der Waals surface area contributed by atoms with Crippen LogP contribution >= 0.6 is 11.3 Å². The number of amides is 1. The molecule has 0 radical (unpaired) electrons. The number of thiazole rings is 1. The van der Waals surface area contributed by atoms with Crippen LogP contribution in [0.25, 0.3) is 0 Å². The lowest BCUT2D eigenvalue weighted by Gasteiger charge is -2.32. The van der Waals surface area contributed by atoms with Crippen molar-refractivity contribution in [3.05, 3.63) is 11.2 Å². The molecular formula is C10H13N3O6S2. The van der Waals surface area contributed by atoms with E-state index in [9.17, 15) is 18.0 Å². The Hall–Kier alpha value is -1.56. The number of hydrogen-bond acceptors (Lipinski definition) is 7. The van der Waals surface area contributed by atoms with Crippen molar-refractivity contribution in [2.24, 2.45) is 0 Å². The zero-order valence-corrected chi connectivity index (χ0v) is 12.6. The highest BCUT2D eigenvalue weighted by atomic mass is 32.2. The molecule has 0 aromatic carbocycles. The summed E-state index contributed by atoms with van der Waals surface area (Å²) in [5, 5.41) is 11.4. The van der Waals surface area contributed by atoms with Gasteiger partial charge in [0.25, 0.3) is 10.0 Å². The van der Waals surface area contributed by atoms with Gasteiger partial charge in [-0.1, -0.05) is 0 Å². The van der Waals surface area contributed by atoms with E-state index in [4.69, 9.17) is 9.84 Å². The highest BCUT2D eigenvalue weighted by Gasteiger charge is 2.40. The summed E-state index contributed by atoms with van der Waals surface area (Å²) in [6.45, 7) is 0.0193. The molecule has 2 rings (SSSR count). The second kappa shape index (κ2) is 6.05. The van der Waals surface area contributed by atoms with Gasteiger partial charge in [0.05, 0.1) is 18.7 Å². The largest absolute Gasteiger partial charge is 0.476 e. The molecule has 116 valence electrons. The van der Waals surface area contributed by atoms with Gasteiger partial charge in [0.2, 0.25) is 5.91 Å². The lowest BCUT2D eigenvalue weighted by atomic mass is 10.2. The molecule has 1 aliphatic rings. The van der Waals surface area contributed by atoms with Gasteiger partial charge in [-0.3, -0.25) is 4.79 Å². The molecule has 1 unspecified atom stereocenters. The number of hydrogen-bond donors (Lipinski definition) is 2. The minimum absolute atomic E-state index is 0.0304. The van der Waals surface area contributed by atoms with Crippen LogP contribution in [-0.2, 0) is 19.6 Å². The average molecular weight is 335 g/mol. The van der Waals surface area contributed by atoms with Gasteiger partial charge in [0.1, 0.15) is 6.04 Å². The fourth-order valence-corrected chi connectivity index (χ4v) is 4.73. The molecule has 1 fully saturated rings. The van der Waals surface area contributed by atoms with E-state index in [1.807, 2.05) is 0 Å². The molecule has 1 aromatic rings. The smallest absolute Gasteiger partial charge is 0.356 e. The summed E-state index contributed by atoms with van der Waals surface area (Å²) >= 11 is 0.706. The summed E-state index contributed by atoms with van der Waals surface area (Å²) in [6.07, 6.45) is 0. The maximum Gasteiger partial charge on any atom is 0.356 e. The number of nitrogens with one attached hydrogen (secondary N) is 1. The second-order valence-corrected chi connectivity index (χ2v) is 7.05. The van der Waals surface area contributed by atoms with Crippen molar-refractivity contribution < 1.29 is 27.9 Å². The number of likely N-dealkylation sites (N-methyl/N-ethyl adjacent to an activating group) is 1. The quantitative estimate of drug-likeness (QED) is 0.721. The number of aromatic carboxylic acids is 1. The van der Waals surface area contributed by atoms with Crippen LogP contribution in [0.5, 0.6) is 0 Å². The van der Waals surface area contributed by atoms with Gasteiger partial charge in [-0.15, -0.1) is 11.3 Å². The van der Waals surface area contributed by atoms with Gasteiger partial charge in [-0.2, -0.15) is 4.31 Å². The minimum Gasteiger partial charge on any atom is -0.476 e. The predicted molar refractivity (Wildman–Crippen MR) is 71.6 cm³/mol. The Kier molecular flexibility index (Phi) is 4.56. The number of nitrogens with zero attached hydrogens (tertiary/aromatic N) is 2. The highest BCUT2D eigenvalue weighted by molar-refractivity contribution is 7.91. The normalized spacial score (nSPS) is 20.1. The van der Waals surface area contributed by atoms with Gasteiger partial charge in [-0.25, -0.2) is 18.2 Å². The molecule has 1 aliphatic heterocycles. The number of carboxylic acids is 1. The first-order valence-corrected chi connectivity index (χ1v) is 8.19. The molecule has 1 atom stereocenters. The standard InChI is InChI=1S/C10H13N3O6S2/c1-11-8(14)6-4-19-3-2-13(6)21(17,18)10-7(9(15)16)12-5-20-10/h5-6H,2-4H2,1H3,(H,11,14)(H,15,16). The van der Waals surface area contributed by atoms with Gasteiger partial charge in [-0.05, 0) is 0 Å². The predicted octanol–water partition coefficient (Wildman–Crippen LogP) is -1.02. The third-order valence-electron chi connectivity index (χ3n) is 2.91. The number of carbonyl (C=O) groups excluding carboxylic acids is 1. The first-order chi connectivity index (χ1) is 9.89. The molecule has 1 amide bonds. The molecular weight excluding hydrogens is 322 g/mol. The number of carbonyl (C=O) groups is 2. The van der Waals surface area contributed by atoms with Gasteiger partial charge in [0.15, 0.2) is 9.90 Å². The Balaban J connectivity index is 2.43. The van der Waals surface area contributed by atoms with Crippen LogP contribution < -0.4 is 5.32 Å². The molecule has 11 heteroatoms. The molecule has 1 aromatic heterocycles. The number of morpholine rings is 1. The molecule has 0 bridgehead atoms. The topological polar surface area (TPSA) is 126 Å². The monoisotopic (exact) mass is 335 g/mol. The van der Waals surface area contributed by atoms with Crippen molar-refractivity contribution in [2.45, 2.75) is 10.3 Å². The summed E-state index contributed by atoms with van der Waals surface area (Å²) in [5.74, 6) is -1.95. The van der Waals surface area contributed by atoms with Crippen molar-refractivity contribution in [2.75, 3.05) is 26.8 Å². The van der Waals surface area contributed by atoms with Crippen molar-refractivity contribution in [1.29, 1.82) is 0 Å². The lowest BCUT2D eigenvalue weighted by Crippen LogP contribution is -2.55. The van der Waals surface area contributed by atoms with Crippen molar-refractivity contribution in [3.8, 4) is 0 Å². The molecule has 0 spiro atoms. The van der Waals surface area contributed by atoms with Crippen LogP contribution in [0.15, 0.2) is 9.72 Å². The third kappa shape index (κ3) is 2.90. The summed E-state index contributed by atoms with van der Waals surface area (Å²) < 4.78 is 30.9. The van der Waals surface area contributed by atoms with Crippen LogP contribution in [0.2, 0.25) is 0 Å². The third-order valence-corrected chi connectivity index (χ3v) is 6.16. The summed E-state index contributed by atoms with van der Waals surface area (Å²) in [7, 11) is -2.74. The van der Waals surface area contributed by atoms with Crippen LogP contribution in [0.4, 0.5) is 0 Å². The molecule has 2 N–H and O–H groups in total. The van der Waals surface area contributed by atoms with E-state index in [1.165, 1.54) is 7.05 Å². The fourth-order valence-electron chi connectivity index (χ4n) is 1.92. The molecule has 2 heterocycles. The SMILES string of the molecule is CNC(=O)C1COCCN1S(=O)(=O)c1scnc1C(=O)O. The maximum absolute atomic E-state index is 12.6. The summed E-state index contributed by atoms with van der Waals surface area (Å²) in [4.78, 5) is 26.4. The molecule has 9 nitrogen and oxygen atoms in total. The van der Waals surface area contributed by atoms with Crippen LogP contribution in [0, 0.1) is 0 Å². The van der Waals surface area contributed by atoms with Crippen LogP contribution in [-0.4, -0.2) is 67.5 Å². The van der Waals surface area contributed by atoms with Crippen molar-refractivity contribution >= 4 is 33.2 Å². The number of carboxylic acid groups (broad SMARTS) is 1. The van der Waals surface area contributed by atoms with Crippen molar-refractivity contribution in [1.82, 2.24) is 14.6 Å². The summed E-state index contributed by atoms with van der Waals surface area (Å²) in [6, 6.07) is -1.03. The zero-order valence-electron chi connectivity index (χ0n) is 11.0. The number of aromatic nitrogens is 1. The maximum atomic E-state index is 12.6. The van der Waals surface area contributed by atoms with E-state index < -0.39 is 33.6 Å². The average Bonchev–Trinajstić information content (AvgIpc) is 2.97. The molecule has 1 saturated heterocycles. The van der Waals surface area contributed by atoms with Crippen LogP contribution in [0.3, 0.4) is 0 Å². The van der Waals surface area contributed by atoms with Gasteiger partial charge >= 0.3 is 5.97 Å². The Morgan fingerprint density at radius 3 is 2.90 bits per heavy atom. The first-order valence-electron chi connectivity index (χ1n) is 5.87. The Morgan fingerprint density at radius 2 is 2.29 bits per heavy atom. The minimum atomic E-state index is -4.13. The number of ether oxygens (including phenoxy) is 1. The summed E-state index contributed by atoms with van der Waals surface area (Å²) in [5.41, 5.74) is 0.605. The second-order valence-electron chi connectivity index (χ2n) is 4.11. The van der Waals surface area contributed by atoms with Crippen LogP contribution in [0.1, 0.15) is 10.5 Å². The van der Waals surface area contributed by atoms with E-state index in [-0.39, 0.29) is 24.0 Å². The van der Waals surface area contributed by atoms with Gasteiger partial charge < -0.3 is 15.2 Å². The first kappa shape index (κ1) is 15.8. The zero-order chi connectivity index (χ0) is 15.6. The highest BCUT2D eigenvalue weighted by Crippen LogP contribution is 2.27. The lowest BCUT2D eigenvalue weighted by molar-refractivity contribution is -0.128. The van der Waals surface area contributed by atoms with E-state index in [2.05, 4.69) is 10.3 Å². The Bertz CT molecular complexity index is 656. The van der Waals surface area contributed by atoms with E-state index in [0.717, 1.165) is 9.82 Å². The molecule has 0 aliphatic carbocycles. The fraction of sp³-hybridized carbons (Fsp3) is 0.500. The molecule has 0 saturated carbocycles. The van der Waals surface area contributed by atoms with E-state index in [1.54, 1.807) is 0 Å². The van der Waals surface area contributed by atoms with E-state index >= 15 is 0 Å². The molecule has 21 heavy (non-hydrogen) atoms. The number of sulfonamides is 1. The van der Waals surface area contributed by atoms with Gasteiger partial charge in [0, 0.05) is 13.6 Å². The number of rotatable bonds is 4.